The molecule has 0 fully saturated rings. The number of halogens is 1. The Kier molecular flexibility index (Phi) is 6.90. The van der Waals surface area contributed by atoms with Crippen molar-refractivity contribution in [3.05, 3.63) is 28.5 Å². The SMILES string of the molecule is CC(C)CCOCCNC(=O)c1ccc(Br)cn1. The minimum atomic E-state index is -0.171. The second kappa shape index (κ2) is 8.21. The minimum Gasteiger partial charge on any atom is -0.380 e. The van der Waals surface area contributed by atoms with Crippen LogP contribution in [-0.4, -0.2) is 30.6 Å². The van der Waals surface area contributed by atoms with Gasteiger partial charge in [-0.05, 0) is 40.4 Å². The van der Waals surface area contributed by atoms with E-state index in [0.29, 0.717) is 24.8 Å². The molecule has 1 heterocycles. The molecular formula is C13H19BrN2O2. The highest BCUT2D eigenvalue weighted by Crippen LogP contribution is 2.07. The van der Waals surface area contributed by atoms with Crippen molar-refractivity contribution in [2.24, 2.45) is 5.92 Å². The quantitative estimate of drug-likeness (QED) is 0.787. The molecule has 5 heteroatoms. The Bertz CT molecular complexity index is 366. The van der Waals surface area contributed by atoms with Crippen LogP contribution in [0.25, 0.3) is 0 Å². The van der Waals surface area contributed by atoms with Crippen molar-refractivity contribution < 1.29 is 9.53 Å². The van der Waals surface area contributed by atoms with Crippen LogP contribution in [0.4, 0.5) is 0 Å². The van der Waals surface area contributed by atoms with Gasteiger partial charge in [0.2, 0.25) is 0 Å². The van der Waals surface area contributed by atoms with E-state index in [2.05, 4.69) is 40.1 Å². The molecule has 4 nitrogen and oxygen atoms in total. The van der Waals surface area contributed by atoms with Gasteiger partial charge in [-0.1, -0.05) is 13.8 Å². The van der Waals surface area contributed by atoms with Crippen LogP contribution < -0.4 is 5.32 Å². The Labute approximate surface area is 116 Å². The molecule has 0 unspecified atom stereocenters. The second-order valence-corrected chi connectivity index (χ2v) is 5.33. The van der Waals surface area contributed by atoms with E-state index in [1.807, 2.05) is 0 Å². The molecule has 0 radical (unpaired) electrons. The van der Waals surface area contributed by atoms with Gasteiger partial charge in [0.05, 0.1) is 6.61 Å². The maximum absolute atomic E-state index is 11.7. The Balaban J connectivity index is 2.16. The van der Waals surface area contributed by atoms with Crippen molar-refractivity contribution >= 4 is 21.8 Å². The van der Waals surface area contributed by atoms with Gasteiger partial charge in [0.15, 0.2) is 0 Å². The van der Waals surface area contributed by atoms with Crippen molar-refractivity contribution in [3.8, 4) is 0 Å². The topological polar surface area (TPSA) is 51.2 Å². The smallest absolute Gasteiger partial charge is 0.269 e. The predicted octanol–water partition coefficient (Wildman–Crippen LogP) is 2.64. The maximum atomic E-state index is 11.7. The van der Waals surface area contributed by atoms with Crippen LogP contribution in [-0.2, 0) is 4.74 Å². The van der Waals surface area contributed by atoms with Crippen LogP contribution in [0.2, 0.25) is 0 Å². The van der Waals surface area contributed by atoms with E-state index in [4.69, 9.17) is 4.74 Å². The number of amides is 1. The molecule has 0 aliphatic heterocycles. The summed E-state index contributed by atoms with van der Waals surface area (Å²) in [5.41, 5.74) is 0.417. The summed E-state index contributed by atoms with van der Waals surface area (Å²) in [5, 5.41) is 2.76. The third-order valence-corrected chi connectivity index (χ3v) is 2.80. The molecule has 0 aromatic carbocycles. The average molecular weight is 315 g/mol. The predicted molar refractivity (Wildman–Crippen MR) is 74.5 cm³/mol. The van der Waals surface area contributed by atoms with E-state index in [1.165, 1.54) is 0 Å². The van der Waals surface area contributed by atoms with E-state index >= 15 is 0 Å². The summed E-state index contributed by atoms with van der Waals surface area (Å²) in [6.45, 7) is 6.10. The Morgan fingerprint density at radius 2 is 2.22 bits per heavy atom. The molecule has 0 aliphatic carbocycles. The van der Waals surface area contributed by atoms with E-state index in [0.717, 1.165) is 17.5 Å². The summed E-state index contributed by atoms with van der Waals surface area (Å²) < 4.78 is 6.26. The van der Waals surface area contributed by atoms with Crippen LogP contribution >= 0.6 is 15.9 Å². The molecular weight excluding hydrogens is 296 g/mol. The van der Waals surface area contributed by atoms with Gasteiger partial charge < -0.3 is 10.1 Å². The number of carbonyl (C=O) groups is 1. The molecule has 0 atom stereocenters. The van der Waals surface area contributed by atoms with Gasteiger partial charge in [-0.25, -0.2) is 4.98 Å². The molecule has 18 heavy (non-hydrogen) atoms. The third kappa shape index (κ3) is 6.12. The van der Waals surface area contributed by atoms with Gasteiger partial charge in [0, 0.05) is 23.8 Å². The summed E-state index contributed by atoms with van der Waals surface area (Å²) in [6.07, 6.45) is 2.65. The van der Waals surface area contributed by atoms with E-state index in [9.17, 15) is 4.79 Å². The minimum absolute atomic E-state index is 0.171. The summed E-state index contributed by atoms with van der Waals surface area (Å²) >= 11 is 3.27. The lowest BCUT2D eigenvalue weighted by molar-refractivity contribution is 0.0901. The zero-order valence-electron chi connectivity index (χ0n) is 10.8. The van der Waals surface area contributed by atoms with Crippen LogP contribution in [0.1, 0.15) is 30.8 Å². The number of rotatable bonds is 7. The Hall–Kier alpha value is -0.940. The van der Waals surface area contributed by atoms with Crippen LogP contribution in [0.3, 0.4) is 0 Å². The van der Waals surface area contributed by atoms with E-state index in [-0.39, 0.29) is 5.91 Å². The van der Waals surface area contributed by atoms with Crippen molar-refractivity contribution in [2.45, 2.75) is 20.3 Å². The van der Waals surface area contributed by atoms with Gasteiger partial charge in [-0.3, -0.25) is 4.79 Å². The summed E-state index contributed by atoms with van der Waals surface area (Å²) in [6, 6.07) is 3.47. The lowest BCUT2D eigenvalue weighted by atomic mass is 10.1. The van der Waals surface area contributed by atoms with Gasteiger partial charge in [0.1, 0.15) is 5.69 Å². The van der Waals surface area contributed by atoms with Crippen LogP contribution in [0.15, 0.2) is 22.8 Å². The van der Waals surface area contributed by atoms with Crippen molar-refractivity contribution in [3.63, 3.8) is 0 Å². The Morgan fingerprint density at radius 3 is 2.83 bits per heavy atom. The fraction of sp³-hybridized carbons (Fsp3) is 0.538. The number of hydrogen-bond donors (Lipinski definition) is 1. The summed E-state index contributed by atoms with van der Waals surface area (Å²) in [4.78, 5) is 15.7. The highest BCUT2D eigenvalue weighted by atomic mass is 79.9. The van der Waals surface area contributed by atoms with Crippen molar-refractivity contribution in [1.29, 1.82) is 0 Å². The first-order valence-corrected chi connectivity index (χ1v) is 6.86. The van der Waals surface area contributed by atoms with Gasteiger partial charge in [0.25, 0.3) is 5.91 Å². The molecule has 0 bridgehead atoms. The van der Waals surface area contributed by atoms with E-state index < -0.39 is 0 Å². The number of nitrogens with zero attached hydrogens (tertiary/aromatic N) is 1. The normalized spacial score (nSPS) is 10.7. The molecule has 100 valence electrons. The standard InChI is InChI=1S/C13H19BrN2O2/c1-10(2)5-7-18-8-6-15-13(17)12-4-3-11(14)9-16-12/h3-4,9-10H,5-8H2,1-2H3,(H,15,17). The summed E-state index contributed by atoms with van der Waals surface area (Å²) in [5.74, 6) is 0.474. The molecule has 1 aromatic rings. The molecule has 0 saturated carbocycles. The molecule has 1 rings (SSSR count). The average Bonchev–Trinajstić information content (AvgIpc) is 2.34. The monoisotopic (exact) mass is 314 g/mol. The summed E-state index contributed by atoms with van der Waals surface area (Å²) in [7, 11) is 0. The molecule has 0 saturated heterocycles. The highest BCUT2D eigenvalue weighted by molar-refractivity contribution is 9.10. The van der Waals surface area contributed by atoms with Crippen molar-refractivity contribution in [1.82, 2.24) is 10.3 Å². The Morgan fingerprint density at radius 1 is 1.44 bits per heavy atom. The number of nitrogens with one attached hydrogen (secondary N) is 1. The molecule has 1 aromatic heterocycles. The maximum Gasteiger partial charge on any atom is 0.269 e. The molecule has 1 amide bonds. The fourth-order valence-corrected chi connectivity index (χ4v) is 1.49. The van der Waals surface area contributed by atoms with E-state index in [1.54, 1.807) is 18.3 Å². The van der Waals surface area contributed by atoms with Gasteiger partial charge in [-0.15, -0.1) is 0 Å². The third-order valence-electron chi connectivity index (χ3n) is 2.33. The fourth-order valence-electron chi connectivity index (χ4n) is 1.26. The molecule has 1 N–H and O–H groups in total. The largest absolute Gasteiger partial charge is 0.380 e. The number of hydrogen-bond acceptors (Lipinski definition) is 3. The first-order chi connectivity index (χ1) is 8.59. The van der Waals surface area contributed by atoms with Crippen LogP contribution in [0.5, 0.6) is 0 Å². The van der Waals surface area contributed by atoms with Crippen molar-refractivity contribution in [2.75, 3.05) is 19.8 Å². The molecule has 0 aliphatic rings. The number of pyridine rings is 1. The lowest BCUT2D eigenvalue weighted by Gasteiger charge is -2.07. The number of ether oxygens (including phenoxy) is 1. The first-order valence-electron chi connectivity index (χ1n) is 6.07. The highest BCUT2D eigenvalue weighted by Gasteiger charge is 2.05. The zero-order chi connectivity index (χ0) is 13.4. The molecule has 0 spiro atoms. The first kappa shape index (κ1) is 15.1. The zero-order valence-corrected chi connectivity index (χ0v) is 12.4. The second-order valence-electron chi connectivity index (χ2n) is 4.41. The van der Waals surface area contributed by atoms with Gasteiger partial charge in [-0.2, -0.15) is 0 Å². The van der Waals surface area contributed by atoms with Crippen LogP contribution in [0, 0.1) is 5.92 Å². The number of carbonyl (C=O) groups excluding carboxylic acids is 1. The van der Waals surface area contributed by atoms with Gasteiger partial charge >= 0.3 is 0 Å². The lowest BCUT2D eigenvalue weighted by Crippen LogP contribution is -2.28. The number of aromatic nitrogens is 1.